The minimum absolute atomic E-state index is 0.239. The fourth-order valence-electron chi connectivity index (χ4n) is 1.43. The van der Waals surface area contributed by atoms with Crippen molar-refractivity contribution >= 4 is 15.9 Å². The van der Waals surface area contributed by atoms with Gasteiger partial charge in [-0.1, -0.05) is 30.3 Å². The van der Waals surface area contributed by atoms with Crippen molar-refractivity contribution in [1.29, 1.82) is 0 Å². The molecule has 0 radical (unpaired) electrons. The van der Waals surface area contributed by atoms with Crippen LogP contribution in [-0.4, -0.2) is 8.42 Å². The largest absolute Gasteiger partial charge is 0.219 e. The number of halogens is 1. The summed E-state index contributed by atoms with van der Waals surface area (Å²) in [5.74, 6) is -0.349. The topological polar surface area (TPSA) is 34.1 Å². The second-order valence-corrected chi connectivity index (χ2v) is 5.55. The van der Waals surface area contributed by atoms with E-state index in [0.717, 1.165) is 5.41 Å². The van der Waals surface area contributed by atoms with Crippen molar-refractivity contribution in [3.8, 4) is 0 Å². The first kappa shape index (κ1) is 12.5. The van der Waals surface area contributed by atoms with Gasteiger partial charge in [0.05, 0.1) is 4.90 Å². The molecule has 0 atom stereocenters. The van der Waals surface area contributed by atoms with Crippen LogP contribution in [0.25, 0.3) is 6.08 Å². The average molecular weight is 262 g/mol. The highest BCUT2D eigenvalue weighted by Gasteiger charge is 2.08. The first-order chi connectivity index (χ1) is 8.58. The van der Waals surface area contributed by atoms with E-state index in [4.69, 9.17) is 0 Å². The predicted octanol–water partition coefficient (Wildman–Crippen LogP) is 3.27. The maximum Gasteiger partial charge on any atom is 0.199 e. The molecule has 0 saturated carbocycles. The van der Waals surface area contributed by atoms with Crippen LogP contribution in [0.5, 0.6) is 0 Å². The Morgan fingerprint density at radius 2 is 1.50 bits per heavy atom. The van der Waals surface area contributed by atoms with E-state index in [1.165, 1.54) is 42.5 Å². The summed E-state index contributed by atoms with van der Waals surface area (Å²) in [7, 11) is -3.44. The van der Waals surface area contributed by atoms with Crippen molar-refractivity contribution in [1.82, 2.24) is 0 Å². The summed E-state index contributed by atoms with van der Waals surface area (Å²) < 4.78 is 36.5. The molecule has 0 unspecified atom stereocenters. The van der Waals surface area contributed by atoms with Gasteiger partial charge in [-0.2, -0.15) is 0 Å². The summed E-state index contributed by atoms with van der Waals surface area (Å²) in [5.41, 5.74) is 0.635. The number of rotatable bonds is 3. The lowest BCUT2D eigenvalue weighted by Gasteiger charge is -1.98. The SMILES string of the molecule is O=S(=O)(/C=C\c1ccc(F)cc1)c1ccccc1. The van der Waals surface area contributed by atoms with E-state index >= 15 is 0 Å². The molecular formula is C14H11FO2S. The zero-order chi connectivity index (χ0) is 13.0. The third-order valence-corrected chi connectivity index (χ3v) is 3.81. The molecule has 0 aliphatic heterocycles. The summed E-state index contributed by atoms with van der Waals surface area (Å²) >= 11 is 0. The van der Waals surface area contributed by atoms with Crippen LogP contribution in [-0.2, 0) is 9.84 Å². The van der Waals surface area contributed by atoms with Gasteiger partial charge < -0.3 is 0 Å². The fourth-order valence-corrected chi connectivity index (χ4v) is 2.46. The Hall–Kier alpha value is -1.94. The lowest BCUT2D eigenvalue weighted by atomic mass is 10.2. The summed E-state index contributed by atoms with van der Waals surface area (Å²) in [6, 6.07) is 13.8. The van der Waals surface area contributed by atoms with E-state index in [1.54, 1.807) is 18.2 Å². The van der Waals surface area contributed by atoms with E-state index in [-0.39, 0.29) is 10.7 Å². The van der Waals surface area contributed by atoms with Crippen molar-refractivity contribution in [2.75, 3.05) is 0 Å². The lowest BCUT2D eigenvalue weighted by molar-refractivity contribution is 0.605. The van der Waals surface area contributed by atoms with Crippen LogP contribution >= 0.6 is 0 Å². The van der Waals surface area contributed by atoms with Crippen LogP contribution in [0.2, 0.25) is 0 Å². The Balaban J connectivity index is 2.26. The van der Waals surface area contributed by atoms with Gasteiger partial charge in [-0.15, -0.1) is 0 Å². The Bertz CT molecular complexity index is 644. The summed E-state index contributed by atoms with van der Waals surface area (Å²) in [6.45, 7) is 0. The van der Waals surface area contributed by atoms with Crippen molar-refractivity contribution in [3.05, 3.63) is 71.4 Å². The van der Waals surface area contributed by atoms with Gasteiger partial charge in [0, 0.05) is 5.41 Å². The minimum Gasteiger partial charge on any atom is -0.219 e. The van der Waals surface area contributed by atoms with Crippen LogP contribution in [0.4, 0.5) is 4.39 Å². The fraction of sp³-hybridized carbons (Fsp3) is 0. The molecule has 0 aromatic heterocycles. The molecule has 0 N–H and O–H groups in total. The predicted molar refractivity (Wildman–Crippen MR) is 69.1 cm³/mol. The molecule has 2 nitrogen and oxygen atoms in total. The van der Waals surface area contributed by atoms with Gasteiger partial charge in [0.15, 0.2) is 9.84 Å². The average Bonchev–Trinajstić information content (AvgIpc) is 2.39. The Kier molecular flexibility index (Phi) is 3.58. The van der Waals surface area contributed by atoms with Crippen molar-refractivity contribution in [3.63, 3.8) is 0 Å². The van der Waals surface area contributed by atoms with E-state index in [9.17, 15) is 12.8 Å². The molecular weight excluding hydrogens is 251 g/mol. The van der Waals surface area contributed by atoms with Crippen LogP contribution in [0.3, 0.4) is 0 Å². The third kappa shape index (κ3) is 3.05. The molecule has 0 saturated heterocycles. The van der Waals surface area contributed by atoms with Gasteiger partial charge >= 0.3 is 0 Å². The zero-order valence-corrected chi connectivity index (χ0v) is 10.3. The Morgan fingerprint density at radius 1 is 0.889 bits per heavy atom. The molecule has 0 fully saturated rings. The van der Waals surface area contributed by atoms with Crippen molar-refractivity contribution in [2.24, 2.45) is 0 Å². The summed E-state index contributed by atoms with van der Waals surface area (Å²) in [4.78, 5) is 0.239. The van der Waals surface area contributed by atoms with E-state index in [2.05, 4.69) is 0 Å². The van der Waals surface area contributed by atoms with Crippen LogP contribution < -0.4 is 0 Å². The molecule has 92 valence electrons. The van der Waals surface area contributed by atoms with Crippen LogP contribution in [0.15, 0.2) is 64.9 Å². The van der Waals surface area contributed by atoms with Crippen LogP contribution in [0, 0.1) is 5.82 Å². The minimum atomic E-state index is -3.44. The molecule has 0 aliphatic carbocycles. The normalized spacial score (nSPS) is 11.8. The molecule has 0 aliphatic rings. The van der Waals surface area contributed by atoms with Crippen molar-refractivity contribution < 1.29 is 12.8 Å². The number of sulfone groups is 1. The van der Waals surface area contributed by atoms with Crippen molar-refractivity contribution in [2.45, 2.75) is 4.90 Å². The molecule has 0 spiro atoms. The van der Waals surface area contributed by atoms with Gasteiger partial charge in [-0.3, -0.25) is 0 Å². The van der Waals surface area contributed by atoms with Gasteiger partial charge in [0.25, 0.3) is 0 Å². The third-order valence-electron chi connectivity index (χ3n) is 2.38. The second kappa shape index (κ2) is 5.14. The first-order valence-electron chi connectivity index (χ1n) is 5.32. The molecule has 18 heavy (non-hydrogen) atoms. The second-order valence-electron chi connectivity index (χ2n) is 3.71. The maximum absolute atomic E-state index is 12.7. The molecule has 0 heterocycles. The smallest absolute Gasteiger partial charge is 0.199 e. The molecule has 4 heteroatoms. The Labute approximate surface area is 105 Å². The van der Waals surface area contributed by atoms with Gasteiger partial charge in [-0.25, -0.2) is 12.8 Å². The van der Waals surface area contributed by atoms with Gasteiger partial charge in [0.1, 0.15) is 5.82 Å². The zero-order valence-electron chi connectivity index (χ0n) is 9.45. The lowest BCUT2D eigenvalue weighted by Crippen LogP contribution is -1.95. The van der Waals surface area contributed by atoms with E-state index in [0.29, 0.717) is 5.56 Å². The monoisotopic (exact) mass is 262 g/mol. The standard InChI is InChI=1S/C14H11FO2S/c15-13-8-6-12(7-9-13)10-11-18(16,17)14-4-2-1-3-5-14/h1-11H/b11-10-. The number of benzene rings is 2. The highest BCUT2D eigenvalue weighted by Crippen LogP contribution is 2.13. The molecule has 2 rings (SSSR count). The summed E-state index contributed by atoms with van der Waals surface area (Å²) in [5, 5.41) is 1.12. The number of hydrogen-bond donors (Lipinski definition) is 0. The van der Waals surface area contributed by atoms with E-state index < -0.39 is 9.84 Å². The summed E-state index contributed by atoms with van der Waals surface area (Å²) in [6.07, 6.45) is 1.45. The number of hydrogen-bond acceptors (Lipinski definition) is 2. The quantitative estimate of drug-likeness (QED) is 0.850. The Morgan fingerprint density at radius 3 is 2.11 bits per heavy atom. The molecule has 2 aromatic carbocycles. The van der Waals surface area contributed by atoms with Crippen LogP contribution in [0.1, 0.15) is 5.56 Å². The highest BCUT2D eigenvalue weighted by molar-refractivity contribution is 7.94. The molecule has 2 aromatic rings. The first-order valence-corrected chi connectivity index (χ1v) is 6.86. The van der Waals surface area contributed by atoms with E-state index in [1.807, 2.05) is 0 Å². The van der Waals surface area contributed by atoms with Gasteiger partial charge in [-0.05, 0) is 35.9 Å². The van der Waals surface area contributed by atoms with Gasteiger partial charge in [0.2, 0.25) is 0 Å². The maximum atomic E-state index is 12.7. The molecule has 0 amide bonds. The highest BCUT2D eigenvalue weighted by atomic mass is 32.2. The molecule has 0 bridgehead atoms.